The number of amides is 2. The molecule has 3 aromatic carbocycles. The largest absolute Gasteiger partial charge is 0.387 e. The highest BCUT2D eigenvalue weighted by Crippen LogP contribution is 2.24. The third-order valence-corrected chi connectivity index (χ3v) is 5.32. The van der Waals surface area contributed by atoms with Crippen molar-refractivity contribution in [1.82, 2.24) is 0 Å². The monoisotopic (exact) mass is 513 g/mol. The summed E-state index contributed by atoms with van der Waals surface area (Å²) in [6.45, 7) is 0.0515. The molecule has 7 heteroatoms. The Balaban J connectivity index is 1.83. The number of urea groups is 1. The van der Waals surface area contributed by atoms with E-state index in [1.807, 2.05) is 24.3 Å². The summed E-state index contributed by atoms with van der Waals surface area (Å²) < 4.78 is 1.80. The summed E-state index contributed by atoms with van der Waals surface area (Å²) >= 11 is 6.77. The maximum Gasteiger partial charge on any atom is 0.326 e. The number of halogens is 2. The number of nitriles is 1. The number of carbonyl (C=O) groups is 1. The molecule has 0 bridgehead atoms. The highest BCUT2D eigenvalue weighted by Gasteiger charge is 2.21. The number of rotatable bonds is 5. The van der Waals surface area contributed by atoms with Crippen LogP contribution in [0.3, 0.4) is 0 Å². The van der Waals surface area contributed by atoms with E-state index < -0.39 is 6.10 Å². The molecular weight excluding hydrogens is 498 g/mol. The average molecular weight is 515 g/mol. The number of hydrogen-bond acceptors (Lipinski definition) is 3. The number of aliphatic hydroxyl groups excluding tert-OH is 1. The highest BCUT2D eigenvalue weighted by molar-refractivity contribution is 9.10. The van der Waals surface area contributed by atoms with Crippen molar-refractivity contribution in [2.24, 2.45) is 0 Å². The van der Waals surface area contributed by atoms with E-state index in [9.17, 15) is 9.90 Å². The Bertz CT molecular complexity index is 1010. The predicted octanol–water partition coefficient (Wildman–Crippen LogP) is 5.86. The van der Waals surface area contributed by atoms with Gasteiger partial charge in [0.2, 0.25) is 0 Å². The summed E-state index contributed by atoms with van der Waals surface area (Å²) in [4.78, 5) is 14.5. The lowest BCUT2D eigenvalue weighted by Gasteiger charge is -2.26. The van der Waals surface area contributed by atoms with E-state index in [2.05, 4.69) is 43.2 Å². The summed E-state index contributed by atoms with van der Waals surface area (Å²) in [5.74, 6) is 0. The smallest absolute Gasteiger partial charge is 0.326 e. The molecule has 0 radical (unpaired) electrons. The molecular formula is C22H17Br2N3O2. The maximum atomic E-state index is 13.0. The molecule has 0 spiro atoms. The van der Waals surface area contributed by atoms with Gasteiger partial charge in [0.05, 0.1) is 24.3 Å². The van der Waals surface area contributed by atoms with Crippen LogP contribution in [0.5, 0.6) is 0 Å². The fraction of sp³-hybridized carbons (Fsp3) is 0.0909. The van der Waals surface area contributed by atoms with Crippen molar-refractivity contribution in [3.63, 3.8) is 0 Å². The first-order valence-corrected chi connectivity index (χ1v) is 10.3. The molecule has 0 fully saturated rings. The zero-order valence-electron chi connectivity index (χ0n) is 15.2. The molecule has 5 nitrogen and oxygen atoms in total. The Hall–Kier alpha value is -2.66. The van der Waals surface area contributed by atoms with Gasteiger partial charge in [-0.2, -0.15) is 5.26 Å². The summed E-state index contributed by atoms with van der Waals surface area (Å²) in [7, 11) is 0. The number of hydrogen-bond donors (Lipinski definition) is 2. The van der Waals surface area contributed by atoms with E-state index in [0.717, 1.165) is 8.95 Å². The molecule has 0 saturated heterocycles. The second kappa shape index (κ2) is 9.70. The Morgan fingerprint density at radius 2 is 1.52 bits per heavy atom. The van der Waals surface area contributed by atoms with Crippen LogP contribution in [0.4, 0.5) is 16.2 Å². The van der Waals surface area contributed by atoms with Gasteiger partial charge in [-0.05, 0) is 66.2 Å². The van der Waals surface area contributed by atoms with Gasteiger partial charge in [0.15, 0.2) is 0 Å². The van der Waals surface area contributed by atoms with Crippen molar-refractivity contribution in [3.8, 4) is 6.07 Å². The molecule has 146 valence electrons. The van der Waals surface area contributed by atoms with E-state index in [1.54, 1.807) is 48.5 Å². The van der Waals surface area contributed by atoms with Gasteiger partial charge in [-0.1, -0.05) is 44.0 Å². The Labute approximate surface area is 185 Å². The van der Waals surface area contributed by atoms with Crippen LogP contribution in [0.15, 0.2) is 81.7 Å². The van der Waals surface area contributed by atoms with E-state index >= 15 is 0 Å². The van der Waals surface area contributed by atoms with Gasteiger partial charge in [0.1, 0.15) is 0 Å². The number of carbonyl (C=O) groups excluding carboxylic acids is 1. The van der Waals surface area contributed by atoms with Crippen molar-refractivity contribution in [2.75, 3.05) is 16.8 Å². The molecule has 1 unspecified atom stereocenters. The number of anilines is 2. The normalized spacial score (nSPS) is 11.4. The topological polar surface area (TPSA) is 76.4 Å². The number of nitrogens with one attached hydrogen (secondary N) is 1. The van der Waals surface area contributed by atoms with Crippen LogP contribution in [0.2, 0.25) is 0 Å². The lowest BCUT2D eigenvalue weighted by molar-refractivity contribution is 0.183. The molecule has 0 saturated carbocycles. The van der Waals surface area contributed by atoms with Crippen molar-refractivity contribution >= 4 is 49.3 Å². The zero-order chi connectivity index (χ0) is 20.8. The molecule has 0 heterocycles. The second-order valence-corrected chi connectivity index (χ2v) is 8.11. The minimum atomic E-state index is -0.915. The van der Waals surface area contributed by atoms with Gasteiger partial charge in [0, 0.05) is 20.3 Å². The molecule has 0 aliphatic rings. The second-order valence-electron chi connectivity index (χ2n) is 6.27. The number of nitrogens with zero attached hydrogens (tertiary/aromatic N) is 2. The van der Waals surface area contributed by atoms with E-state index in [-0.39, 0.29) is 12.6 Å². The molecule has 2 N–H and O–H groups in total. The Morgan fingerprint density at radius 1 is 0.966 bits per heavy atom. The molecule has 1 atom stereocenters. The van der Waals surface area contributed by atoms with Gasteiger partial charge in [-0.15, -0.1) is 0 Å². The standard InChI is InChI=1S/C22H17Br2N3O2/c23-17-5-9-19(10-6-17)26-22(29)27(20-11-7-18(24)8-12-20)14-21(28)16-3-1-15(13-25)2-4-16/h1-12,21,28H,14H2,(H,26,29). The number of aliphatic hydroxyl groups is 1. The maximum absolute atomic E-state index is 13.0. The number of benzene rings is 3. The Kier molecular flexibility index (Phi) is 7.04. The van der Waals surface area contributed by atoms with Crippen LogP contribution < -0.4 is 10.2 Å². The van der Waals surface area contributed by atoms with Crippen LogP contribution in [0.25, 0.3) is 0 Å². The van der Waals surface area contributed by atoms with Gasteiger partial charge in [0.25, 0.3) is 0 Å². The van der Waals surface area contributed by atoms with Gasteiger partial charge in [-0.25, -0.2) is 4.79 Å². The molecule has 3 aromatic rings. The van der Waals surface area contributed by atoms with E-state index in [1.165, 1.54) is 4.90 Å². The van der Waals surface area contributed by atoms with Crippen molar-refractivity contribution in [2.45, 2.75) is 6.10 Å². The molecule has 0 aromatic heterocycles. The Morgan fingerprint density at radius 3 is 2.07 bits per heavy atom. The first kappa shape index (κ1) is 21.1. The average Bonchev–Trinajstić information content (AvgIpc) is 2.74. The van der Waals surface area contributed by atoms with Gasteiger partial charge >= 0.3 is 6.03 Å². The van der Waals surface area contributed by atoms with Gasteiger partial charge < -0.3 is 10.4 Å². The first-order chi connectivity index (χ1) is 14.0. The van der Waals surface area contributed by atoms with Crippen LogP contribution >= 0.6 is 31.9 Å². The lowest BCUT2D eigenvalue weighted by atomic mass is 10.1. The summed E-state index contributed by atoms with van der Waals surface area (Å²) in [5.41, 5.74) is 2.44. The molecule has 0 aliphatic carbocycles. The van der Waals surface area contributed by atoms with E-state index in [4.69, 9.17) is 5.26 Å². The van der Waals surface area contributed by atoms with Crippen molar-refractivity contribution < 1.29 is 9.90 Å². The summed E-state index contributed by atoms with van der Waals surface area (Å²) in [5, 5.41) is 22.5. The minimum absolute atomic E-state index is 0.0515. The third kappa shape index (κ3) is 5.67. The SMILES string of the molecule is N#Cc1ccc(C(O)CN(C(=O)Nc2ccc(Br)cc2)c2ccc(Br)cc2)cc1. The highest BCUT2D eigenvalue weighted by atomic mass is 79.9. The quantitative estimate of drug-likeness (QED) is 0.448. The molecule has 2 amide bonds. The van der Waals surface area contributed by atoms with Crippen molar-refractivity contribution in [1.29, 1.82) is 5.26 Å². The van der Waals surface area contributed by atoms with Crippen LogP contribution in [0, 0.1) is 11.3 Å². The van der Waals surface area contributed by atoms with Crippen LogP contribution in [0.1, 0.15) is 17.2 Å². The predicted molar refractivity (Wildman–Crippen MR) is 121 cm³/mol. The summed E-state index contributed by atoms with van der Waals surface area (Å²) in [6.07, 6.45) is -0.915. The molecule has 29 heavy (non-hydrogen) atoms. The van der Waals surface area contributed by atoms with Crippen LogP contribution in [-0.2, 0) is 0 Å². The fourth-order valence-electron chi connectivity index (χ4n) is 2.71. The lowest BCUT2D eigenvalue weighted by Crippen LogP contribution is -2.38. The van der Waals surface area contributed by atoms with Gasteiger partial charge in [-0.3, -0.25) is 4.90 Å². The van der Waals surface area contributed by atoms with E-state index in [0.29, 0.717) is 22.5 Å². The third-order valence-electron chi connectivity index (χ3n) is 4.26. The van der Waals surface area contributed by atoms with Crippen molar-refractivity contribution in [3.05, 3.63) is 92.9 Å². The summed E-state index contributed by atoms with van der Waals surface area (Å²) in [6, 6.07) is 22.9. The molecule has 3 rings (SSSR count). The van der Waals surface area contributed by atoms with Crippen LogP contribution in [-0.4, -0.2) is 17.7 Å². The molecule has 0 aliphatic heterocycles. The first-order valence-electron chi connectivity index (χ1n) is 8.74. The minimum Gasteiger partial charge on any atom is -0.387 e. The fourth-order valence-corrected chi connectivity index (χ4v) is 3.24. The zero-order valence-corrected chi connectivity index (χ0v) is 18.4.